The van der Waals surface area contributed by atoms with Crippen LogP contribution in [-0.2, 0) is 14.3 Å². The van der Waals surface area contributed by atoms with Gasteiger partial charge in [-0.2, -0.15) is 0 Å². The summed E-state index contributed by atoms with van der Waals surface area (Å²) in [5.74, 6) is -0.631. The van der Waals surface area contributed by atoms with Crippen molar-refractivity contribution in [1.82, 2.24) is 9.55 Å². The highest BCUT2D eigenvalue weighted by molar-refractivity contribution is 5.72. The van der Waals surface area contributed by atoms with Gasteiger partial charge in [-0.15, -0.1) is 0 Å². The van der Waals surface area contributed by atoms with E-state index in [4.69, 9.17) is 14.6 Å². The van der Waals surface area contributed by atoms with Gasteiger partial charge in [0.2, 0.25) is 0 Å². The highest BCUT2D eigenvalue weighted by Crippen LogP contribution is 2.24. The van der Waals surface area contributed by atoms with E-state index >= 15 is 0 Å². The number of nitrogens with zero attached hydrogens (tertiary/aromatic N) is 2. The van der Waals surface area contributed by atoms with E-state index in [2.05, 4.69) is 4.98 Å². The van der Waals surface area contributed by atoms with Crippen molar-refractivity contribution in [1.29, 1.82) is 0 Å². The first-order chi connectivity index (χ1) is 9.63. The van der Waals surface area contributed by atoms with Crippen molar-refractivity contribution in [2.45, 2.75) is 44.6 Å². The Bertz CT molecular complexity index is 442. The van der Waals surface area contributed by atoms with Gasteiger partial charge in [-0.3, -0.25) is 0 Å². The Labute approximate surface area is 117 Å². The molecule has 112 valence electrons. The van der Waals surface area contributed by atoms with E-state index < -0.39 is 24.7 Å². The van der Waals surface area contributed by atoms with Crippen molar-refractivity contribution in [3.05, 3.63) is 18.2 Å². The third-order valence-electron chi connectivity index (χ3n) is 3.35. The fourth-order valence-corrected chi connectivity index (χ4v) is 2.30. The highest BCUT2D eigenvalue weighted by Gasteiger charge is 2.26. The van der Waals surface area contributed by atoms with E-state index in [9.17, 15) is 9.90 Å². The van der Waals surface area contributed by atoms with E-state index in [-0.39, 0.29) is 6.29 Å². The molecule has 7 nitrogen and oxygen atoms in total. The molecular weight excluding hydrogens is 264 g/mol. The number of hydrogen-bond donors (Lipinski definition) is 2. The summed E-state index contributed by atoms with van der Waals surface area (Å²) in [5.41, 5.74) is 0. The molecule has 0 spiro atoms. The summed E-state index contributed by atoms with van der Waals surface area (Å²) >= 11 is 0. The van der Waals surface area contributed by atoms with Crippen LogP contribution in [0.5, 0.6) is 0 Å². The zero-order valence-electron chi connectivity index (χ0n) is 11.4. The normalized spacial score (nSPS) is 22.4. The fourth-order valence-electron chi connectivity index (χ4n) is 2.30. The third kappa shape index (κ3) is 3.36. The minimum Gasteiger partial charge on any atom is -0.480 e. The van der Waals surface area contributed by atoms with Gasteiger partial charge in [-0.1, -0.05) is 0 Å². The molecule has 1 aromatic heterocycles. The average Bonchev–Trinajstić information content (AvgIpc) is 2.89. The van der Waals surface area contributed by atoms with Crippen LogP contribution in [0.2, 0.25) is 0 Å². The predicted molar refractivity (Wildman–Crippen MR) is 69.1 cm³/mol. The molecule has 0 aliphatic carbocycles. The van der Waals surface area contributed by atoms with Crippen LogP contribution in [0.25, 0.3) is 0 Å². The SMILES string of the molecule is C[C@H](OC1CCCCO1)c1nccn1[C@H](CO)C(=O)O. The van der Waals surface area contributed by atoms with Gasteiger partial charge in [0.15, 0.2) is 12.3 Å². The maximum absolute atomic E-state index is 11.1. The number of hydrogen-bond acceptors (Lipinski definition) is 5. The topological polar surface area (TPSA) is 93.8 Å². The van der Waals surface area contributed by atoms with Crippen LogP contribution in [-0.4, -0.2) is 45.2 Å². The number of carbonyl (C=O) groups is 1. The van der Waals surface area contributed by atoms with E-state index in [1.54, 1.807) is 6.92 Å². The van der Waals surface area contributed by atoms with Gasteiger partial charge < -0.3 is 24.3 Å². The van der Waals surface area contributed by atoms with Crippen LogP contribution in [0, 0.1) is 0 Å². The smallest absolute Gasteiger partial charge is 0.329 e. The minimum absolute atomic E-state index is 0.277. The van der Waals surface area contributed by atoms with Crippen LogP contribution >= 0.6 is 0 Å². The van der Waals surface area contributed by atoms with Gasteiger partial charge in [0.25, 0.3) is 0 Å². The number of aliphatic hydroxyl groups is 1. The Kier molecular flexibility index (Phi) is 5.11. The molecule has 1 aliphatic heterocycles. The van der Waals surface area contributed by atoms with E-state index in [1.807, 2.05) is 0 Å². The second kappa shape index (κ2) is 6.83. The molecule has 0 amide bonds. The zero-order chi connectivity index (χ0) is 14.5. The monoisotopic (exact) mass is 284 g/mol. The highest BCUT2D eigenvalue weighted by atomic mass is 16.7. The molecule has 7 heteroatoms. The molecule has 2 heterocycles. The summed E-state index contributed by atoms with van der Waals surface area (Å²) in [5, 5.41) is 18.3. The van der Waals surface area contributed by atoms with Crippen molar-refractivity contribution in [3.8, 4) is 0 Å². The van der Waals surface area contributed by atoms with Crippen LogP contribution < -0.4 is 0 Å². The lowest BCUT2D eigenvalue weighted by Crippen LogP contribution is -2.28. The Hall–Kier alpha value is -1.44. The second-order valence-corrected chi connectivity index (χ2v) is 4.80. The number of ether oxygens (including phenoxy) is 2. The molecule has 0 radical (unpaired) electrons. The molecule has 0 aromatic carbocycles. The Balaban J connectivity index is 2.07. The Morgan fingerprint density at radius 1 is 1.65 bits per heavy atom. The first-order valence-corrected chi connectivity index (χ1v) is 6.77. The number of aromatic nitrogens is 2. The lowest BCUT2D eigenvalue weighted by molar-refractivity contribution is -0.188. The van der Waals surface area contributed by atoms with Crippen LogP contribution in [0.3, 0.4) is 0 Å². The maximum Gasteiger partial charge on any atom is 0.329 e. The van der Waals surface area contributed by atoms with Crippen LogP contribution in [0.1, 0.15) is 44.2 Å². The summed E-state index contributed by atoms with van der Waals surface area (Å²) in [6.07, 6.45) is 5.28. The molecule has 1 aliphatic rings. The number of aliphatic carboxylic acids is 1. The van der Waals surface area contributed by atoms with E-state index in [0.29, 0.717) is 12.4 Å². The summed E-state index contributed by atoms with van der Waals surface area (Å²) in [4.78, 5) is 15.3. The van der Waals surface area contributed by atoms with Gasteiger partial charge in [0.05, 0.1) is 6.61 Å². The lowest BCUT2D eigenvalue weighted by atomic mass is 10.2. The molecule has 3 atom stereocenters. The number of rotatable bonds is 6. The second-order valence-electron chi connectivity index (χ2n) is 4.80. The molecule has 1 fully saturated rings. The molecule has 1 aromatic rings. The summed E-state index contributed by atoms with van der Waals surface area (Å²) < 4.78 is 12.7. The minimum atomic E-state index is -1.10. The van der Waals surface area contributed by atoms with Gasteiger partial charge in [0, 0.05) is 19.0 Å². The predicted octanol–water partition coefficient (Wildman–Crippen LogP) is 1.11. The first-order valence-electron chi connectivity index (χ1n) is 6.77. The Morgan fingerprint density at radius 3 is 3.05 bits per heavy atom. The molecule has 1 unspecified atom stereocenters. The van der Waals surface area contributed by atoms with Crippen LogP contribution in [0.4, 0.5) is 0 Å². The molecule has 0 saturated carbocycles. The molecule has 2 N–H and O–H groups in total. The number of aliphatic hydroxyl groups excluding tert-OH is 1. The molecule has 20 heavy (non-hydrogen) atoms. The number of imidazole rings is 1. The quantitative estimate of drug-likeness (QED) is 0.812. The largest absolute Gasteiger partial charge is 0.480 e. The standard InChI is InChI=1S/C13H20N2O5/c1-9(20-11-4-2-3-7-19-11)12-14-5-6-15(12)10(8-16)13(17)18/h5-6,9-11,16H,2-4,7-8H2,1H3,(H,17,18)/t9-,10+,11?/m0/s1. The van der Waals surface area contributed by atoms with E-state index in [0.717, 1.165) is 19.3 Å². The summed E-state index contributed by atoms with van der Waals surface area (Å²) in [6.45, 7) is 1.98. The van der Waals surface area contributed by atoms with Crippen molar-refractivity contribution < 1.29 is 24.5 Å². The zero-order valence-corrected chi connectivity index (χ0v) is 11.4. The number of carboxylic acid groups (broad SMARTS) is 1. The van der Waals surface area contributed by atoms with Gasteiger partial charge in [-0.05, 0) is 26.2 Å². The lowest BCUT2D eigenvalue weighted by Gasteiger charge is -2.26. The van der Waals surface area contributed by atoms with Crippen molar-refractivity contribution in [2.24, 2.45) is 0 Å². The Morgan fingerprint density at radius 2 is 2.45 bits per heavy atom. The van der Waals surface area contributed by atoms with Crippen LogP contribution in [0.15, 0.2) is 12.4 Å². The molecule has 2 rings (SSSR count). The summed E-state index contributed by atoms with van der Waals surface area (Å²) in [6, 6.07) is -1.05. The van der Waals surface area contributed by atoms with Crippen molar-refractivity contribution in [3.63, 3.8) is 0 Å². The molecule has 0 bridgehead atoms. The summed E-state index contributed by atoms with van der Waals surface area (Å²) in [7, 11) is 0. The molecule has 1 saturated heterocycles. The first kappa shape index (κ1) is 15.0. The van der Waals surface area contributed by atoms with Gasteiger partial charge >= 0.3 is 5.97 Å². The third-order valence-corrected chi connectivity index (χ3v) is 3.35. The average molecular weight is 284 g/mol. The maximum atomic E-state index is 11.1. The van der Waals surface area contributed by atoms with Crippen molar-refractivity contribution in [2.75, 3.05) is 13.2 Å². The van der Waals surface area contributed by atoms with Gasteiger partial charge in [-0.25, -0.2) is 9.78 Å². The van der Waals surface area contributed by atoms with Crippen molar-refractivity contribution >= 4 is 5.97 Å². The van der Waals surface area contributed by atoms with E-state index in [1.165, 1.54) is 17.0 Å². The number of carboxylic acids is 1. The fraction of sp³-hybridized carbons (Fsp3) is 0.692. The molecular formula is C13H20N2O5. The van der Waals surface area contributed by atoms with Gasteiger partial charge in [0.1, 0.15) is 11.9 Å².